The first kappa shape index (κ1) is 24.9. The summed E-state index contributed by atoms with van der Waals surface area (Å²) >= 11 is 3.31. The van der Waals surface area contributed by atoms with Crippen molar-refractivity contribution in [2.75, 3.05) is 17.5 Å². The van der Waals surface area contributed by atoms with E-state index in [1.807, 2.05) is 34.6 Å². The number of amides is 1. The van der Waals surface area contributed by atoms with E-state index in [1.165, 1.54) is 12.1 Å². The molecule has 2 rings (SSSR count). The second-order valence-corrected chi connectivity index (χ2v) is 10.7. The SMILES string of the molecule is CCOc1ccc(N(CC(=O)N/N=C(/C)C(C)(C)C)S(=O)(=O)c2ccc(Br)cc2)cc1. The minimum atomic E-state index is -4.00. The molecule has 0 bridgehead atoms. The number of hydrazone groups is 1. The highest BCUT2D eigenvalue weighted by molar-refractivity contribution is 9.10. The smallest absolute Gasteiger partial charge is 0.264 e. The molecule has 0 saturated heterocycles. The number of nitrogens with zero attached hydrogens (tertiary/aromatic N) is 2. The van der Waals surface area contributed by atoms with E-state index in [-0.39, 0.29) is 10.3 Å². The Morgan fingerprint density at radius 2 is 1.68 bits per heavy atom. The third kappa shape index (κ3) is 6.80. The van der Waals surface area contributed by atoms with Gasteiger partial charge in [-0.2, -0.15) is 5.10 Å². The lowest BCUT2D eigenvalue weighted by Gasteiger charge is -2.24. The van der Waals surface area contributed by atoms with Crippen molar-refractivity contribution in [1.82, 2.24) is 5.43 Å². The summed E-state index contributed by atoms with van der Waals surface area (Å²) in [5.41, 5.74) is 3.32. The van der Waals surface area contributed by atoms with Crippen LogP contribution in [0.5, 0.6) is 5.75 Å². The van der Waals surface area contributed by atoms with E-state index in [0.717, 1.165) is 14.5 Å². The number of nitrogens with one attached hydrogen (secondary N) is 1. The average molecular weight is 510 g/mol. The number of rotatable bonds is 8. The molecule has 0 atom stereocenters. The lowest BCUT2D eigenvalue weighted by Crippen LogP contribution is -2.40. The van der Waals surface area contributed by atoms with E-state index < -0.39 is 22.5 Å². The summed E-state index contributed by atoms with van der Waals surface area (Å²) in [6.07, 6.45) is 0. The molecule has 0 radical (unpaired) electrons. The van der Waals surface area contributed by atoms with E-state index >= 15 is 0 Å². The fourth-order valence-electron chi connectivity index (χ4n) is 2.40. The van der Waals surface area contributed by atoms with Crippen molar-refractivity contribution in [2.45, 2.75) is 39.5 Å². The van der Waals surface area contributed by atoms with Crippen molar-refractivity contribution in [1.29, 1.82) is 0 Å². The molecule has 2 aromatic rings. The minimum absolute atomic E-state index is 0.0757. The number of benzene rings is 2. The Morgan fingerprint density at radius 3 is 2.19 bits per heavy atom. The molecule has 2 aromatic carbocycles. The zero-order valence-corrected chi connectivity index (χ0v) is 20.7. The molecule has 9 heteroatoms. The van der Waals surface area contributed by atoms with Crippen LogP contribution in [0, 0.1) is 5.41 Å². The normalized spacial score (nSPS) is 12.4. The second kappa shape index (κ2) is 10.3. The number of carbonyl (C=O) groups excluding carboxylic acids is 1. The summed E-state index contributed by atoms with van der Waals surface area (Å²) in [5.74, 6) is 0.0697. The highest BCUT2D eigenvalue weighted by atomic mass is 79.9. The third-order valence-corrected chi connectivity index (χ3v) is 6.88. The minimum Gasteiger partial charge on any atom is -0.494 e. The Balaban J connectivity index is 2.38. The molecule has 0 spiro atoms. The van der Waals surface area contributed by atoms with Gasteiger partial charge in [-0.1, -0.05) is 36.7 Å². The van der Waals surface area contributed by atoms with Crippen LogP contribution in [0.4, 0.5) is 5.69 Å². The third-order valence-electron chi connectivity index (χ3n) is 4.56. The maximum atomic E-state index is 13.4. The van der Waals surface area contributed by atoms with Gasteiger partial charge >= 0.3 is 0 Å². The number of hydrogen-bond acceptors (Lipinski definition) is 5. The molecule has 0 unspecified atom stereocenters. The van der Waals surface area contributed by atoms with Crippen molar-refractivity contribution < 1.29 is 17.9 Å². The molecule has 7 nitrogen and oxygen atoms in total. The summed E-state index contributed by atoms with van der Waals surface area (Å²) in [6, 6.07) is 12.8. The van der Waals surface area contributed by atoms with Crippen LogP contribution in [0.15, 0.2) is 63.0 Å². The van der Waals surface area contributed by atoms with Gasteiger partial charge in [0.1, 0.15) is 12.3 Å². The number of anilines is 1. The Bertz CT molecular complexity index is 1030. The van der Waals surface area contributed by atoms with Gasteiger partial charge in [-0.05, 0) is 62.4 Å². The molecule has 0 aliphatic rings. The second-order valence-electron chi connectivity index (χ2n) is 7.87. The van der Waals surface area contributed by atoms with Gasteiger partial charge in [0.2, 0.25) is 0 Å². The largest absolute Gasteiger partial charge is 0.494 e. The van der Waals surface area contributed by atoms with Crippen molar-refractivity contribution in [2.24, 2.45) is 10.5 Å². The maximum absolute atomic E-state index is 13.4. The van der Waals surface area contributed by atoms with Crippen molar-refractivity contribution in [3.63, 3.8) is 0 Å². The average Bonchev–Trinajstić information content (AvgIpc) is 2.70. The van der Waals surface area contributed by atoms with E-state index in [1.54, 1.807) is 36.4 Å². The summed E-state index contributed by atoms with van der Waals surface area (Å²) in [4.78, 5) is 12.7. The van der Waals surface area contributed by atoms with Gasteiger partial charge in [-0.15, -0.1) is 0 Å². The number of carbonyl (C=O) groups is 1. The van der Waals surface area contributed by atoms with Gasteiger partial charge < -0.3 is 4.74 Å². The van der Waals surface area contributed by atoms with Crippen LogP contribution < -0.4 is 14.5 Å². The van der Waals surface area contributed by atoms with Crippen LogP contribution >= 0.6 is 15.9 Å². The van der Waals surface area contributed by atoms with Crippen LogP contribution in [0.3, 0.4) is 0 Å². The molecule has 168 valence electrons. The first-order chi connectivity index (χ1) is 14.4. The number of hydrogen-bond donors (Lipinski definition) is 1. The molecular formula is C22H28BrN3O4S. The summed E-state index contributed by atoms with van der Waals surface area (Å²) in [5, 5.41) is 4.12. The first-order valence-corrected chi connectivity index (χ1v) is 12.0. The molecule has 1 amide bonds. The van der Waals surface area contributed by atoms with Crippen LogP contribution in [0.2, 0.25) is 0 Å². The number of sulfonamides is 1. The molecular weight excluding hydrogens is 482 g/mol. The molecule has 0 saturated carbocycles. The van der Waals surface area contributed by atoms with Gasteiger partial charge in [0.15, 0.2) is 0 Å². The van der Waals surface area contributed by atoms with Crippen LogP contribution in [-0.2, 0) is 14.8 Å². The predicted molar refractivity (Wildman–Crippen MR) is 127 cm³/mol. The first-order valence-electron chi connectivity index (χ1n) is 9.80. The van der Waals surface area contributed by atoms with Crippen molar-refractivity contribution >= 4 is 43.3 Å². The summed E-state index contributed by atoms with van der Waals surface area (Å²) in [7, 11) is -4.00. The molecule has 0 aliphatic carbocycles. The topological polar surface area (TPSA) is 88.1 Å². The molecule has 0 heterocycles. The highest BCUT2D eigenvalue weighted by Crippen LogP contribution is 2.26. The van der Waals surface area contributed by atoms with Crippen LogP contribution in [0.1, 0.15) is 34.6 Å². The Kier molecular flexibility index (Phi) is 8.25. The van der Waals surface area contributed by atoms with Gasteiger partial charge in [0.25, 0.3) is 15.9 Å². The van der Waals surface area contributed by atoms with Crippen LogP contribution in [-0.4, -0.2) is 33.2 Å². The zero-order chi connectivity index (χ0) is 23.2. The summed E-state index contributed by atoms with van der Waals surface area (Å²) in [6.45, 7) is 9.67. The Labute approximate surface area is 192 Å². The number of ether oxygens (including phenoxy) is 1. The Morgan fingerprint density at radius 1 is 1.10 bits per heavy atom. The quantitative estimate of drug-likeness (QED) is 0.416. The van der Waals surface area contributed by atoms with Crippen molar-refractivity contribution in [3.8, 4) is 5.75 Å². The van der Waals surface area contributed by atoms with E-state index in [2.05, 4.69) is 26.5 Å². The predicted octanol–water partition coefficient (Wildman–Crippen LogP) is 4.58. The van der Waals surface area contributed by atoms with E-state index in [4.69, 9.17) is 4.74 Å². The fraction of sp³-hybridized carbons (Fsp3) is 0.364. The van der Waals surface area contributed by atoms with Gasteiger partial charge in [-0.3, -0.25) is 9.10 Å². The fourth-order valence-corrected chi connectivity index (χ4v) is 4.09. The lowest BCUT2D eigenvalue weighted by molar-refractivity contribution is -0.119. The highest BCUT2D eigenvalue weighted by Gasteiger charge is 2.27. The lowest BCUT2D eigenvalue weighted by atomic mass is 9.91. The molecule has 0 aliphatic heterocycles. The standard InChI is InChI=1S/C22H28BrN3O4S/c1-6-30-19-11-9-18(10-12-19)26(15-21(27)25-24-16(2)22(3,4)5)31(28,29)20-13-7-17(23)8-14-20/h7-14H,6,15H2,1-5H3,(H,25,27)/b24-16-. The van der Waals surface area contributed by atoms with Gasteiger partial charge in [-0.25, -0.2) is 13.8 Å². The molecule has 1 N–H and O–H groups in total. The van der Waals surface area contributed by atoms with E-state index in [0.29, 0.717) is 18.0 Å². The number of halogens is 1. The van der Waals surface area contributed by atoms with Crippen LogP contribution in [0.25, 0.3) is 0 Å². The van der Waals surface area contributed by atoms with Gasteiger partial charge in [0, 0.05) is 15.6 Å². The molecule has 0 fully saturated rings. The van der Waals surface area contributed by atoms with Crippen molar-refractivity contribution in [3.05, 3.63) is 53.0 Å². The molecule has 0 aromatic heterocycles. The zero-order valence-electron chi connectivity index (χ0n) is 18.3. The summed E-state index contributed by atoms with van der Waals surface area (Å²) < 4.78 is 33.9. The molecule has 31 heavy (non-hydrogen) atoms. The Hall–Kier alpha value is -2.39. The monoisotopic (exact) mass is 509 g/mol. The van der Waals surface area contributed by atoms with Gasteiger partial charge in [0.05, 0.1) is 17.2 Å². The maximum Gasteiger partial charge on any atom is 0.264 e. The van der Waals surface area contributed by atoms with E-state index in [9.17, 15) is 13.2 Å².